The van der Waals surface area contributed by atoms with E-state index in [9.17, 15) is 13.2 Å². The van der Waals surface area contributed by atoms with E-state index in [1.807, 2.05) is 0 Å². The monoisotopic (exact) mass is 288 g/mol. The van der Waals surface area contributed by atoms with Crippen LogP contribution in [0.1, 0.15) is 5.56 Å². The lowest BCUT2D eigenvalue weighted by Crippen LogP contribution is -2.24. The SMILES string of the molecule is O=c1[nH]cc(S(=O)(=O)NCc2cn[nH]c2)cc1Cl. The predicted octanol–water partition coefficient (Wildman–Crippen LogP) is 0.230. The molecule has 0 aliphatic heterocycles. The molecule has 0 saturated heterocycles. The molecule has 2 aromatic heterocycles. The Balaban J connectivity index is 2.20. The van der Waals surface area contributed by atoms with Crippen molar-refractivity contribution < 1.29 is 8.42 Å². The summed E-state index contributed by atoms with van der Waals surface area (Å²) in [5.41, 5.74) is 0.152. The highest BCUT2D eigenvalue weighted by atomic mass is 35.5. The van der Waals surface area contributed by atoms with Crippen molar-refractivity contribution in [3.63, 3.8) is 0 Å². The van der Waals surface area contributed by atoms with Gasteiger partial charge in [-0.05, 0) is 6.07 Å². The Bertz CT molecular complexity index is 693. The van der Waals surface area contributed by atoms with Crippen LogP contribution < -0.4 is 10.3 Å². The number of halogens is 1. The molecule has 0 radical (unpaired) electrons. The first-order chi connectivity index (χ1) is 8.49. The van der Waals surface area contributed by atoms with Gasteiger partial charge in [-0.15, -0.1) is 0 Å². The maximum Gasteiger partial charge on any atom is 0.266 e. The summed E-state index contributed by atoms with van der Waals surface area (Å²) in [6, 6.07) is 1.10. The Labute approximate surface area is 107 Å². The Morgan fingerprint density at radius 1 is 1.39 bits per heavy atom. The Kier molecular flexibility index (Phi) is 3.50. The van der Waals surface area contributed by atoms with Gasteiger partial charge in [0.15, 0.2) is 0 Å². The Hall–Kier alpha value is -1.64. The number of hydrogen-bond donors (Lipinski definition) is 3. The van der Waals surface area contributed by atoms with E-state index in [4.69, 9.17) is 11.6 Å². The lowest BCUT2D eigenvalue weighted by molar-refractivity contribution is 0.581. The molecule has 2 aromatic rings. The molecule has 9 heteroatoms. The number of hydrogen-bond acceptors (Lipinski definition) is 4. The van der Waals surface area contributed by atoms with Gasteiger partial charge in [-0.25, -0.2) is 13.1 Å². The molecular weight excluding hydrogens is 280 g/mol. The number of nitrogens with one attached hydrogen (secondary N) is 3. The summed E-state index contributed by atoms with van der Waals surface area (Å²) in [5.74, 6) is 0. The summed E-state index contributed by atoms with van der Waals surface area (Å²) in [5, 5.41) is 6.08. The van der Waals surface area contributed by atoms with Crippen molar-refractivity contribution in [1.82, 2.24) is 19.9 Å². The Morgan fingerprint density at radius 3 is 2.78 bits per heavy atom. The number of aromatic amines is 2. The van der Waals surface area contributed by atoms with Crippen LogP contribution in [0.2, 0.25) is 5.02 Å². The number of rotatable bonds is 4. The van der Waals surface area contributed by atoms with Gasteiger partial charge in [-0.2, -0.15) is 5.10 Å². The fourth-order valence-electron chi connectivity index (χ4n) is 1.23. The lowest BCUT2D eigenvalue weighted by atomic mass is 10.4. The topological polar surface area (TPSA) is 108 Å². The molecule has 7 nitrogen and oxygen atoms in total. The molecule has 96 valence electrons. The first-order valence-electron chi connectivity index (χ1n) is 4.84. The third-order valence-corrected chi connectivity index (χ3v) is 3.82. The van der Waals surface area contributed by atoms with Gasteiger partial charge in [0, 0.05) is 24.5 Å². The van der Waals surface area contributed by atoms with Crippen molar-refractivity contribution in [3.05, 3.63) is 45.6 Å². The third-order valence-electron chi connectivity index (χ3n) is 2.16. The molecule has 0 saturated carbocycles. The van der Waals surface area contributed by atoms with Crippen LogP contribution in [-0.4, -0.2) is 23.6 Å². The molecule has 0 spiro atoms. The molecule has 0 bridgehead atoms. The van der Waals surface area contributed by atoms with E-state index in [0.29, 0.717) is 5.56 Å². The maximum absolute atomic E-state index is 11.9. The summed E-state index contributed by atoms with van der Waals surface area (Å²) in [7, 11) is -3.72. The van der Waals surface area contributed by atoms with E-state index in [0.717, 1.165) is 12.3 Å². The number of pyridine rings is 1. The van der Waals surface area contributed by atoms with Gasteiger partial charge in [-0.1, -0.05) is 11.6 Å². The van der Waals surface area contributed by atoms with E-state index < -0.39 is 15.6 Å². The molecule has 0 unspecified atom stereocenters. The summed E-state index contributed by atoms with van der Waals surface area (Å²) in [4.78, 5) is 13.2. The molecule has 2 rings (SSSR count). The average Bonchev–Trinajstić information content (AvgIpc) is 2.83. The average molecular weight is 289 g/mol. The van der Waals surface area contributed by atoms with Crippen LogP contribution in [-0.2, 0) is 16.6 Å². The molecule has 3 N–H and O–H groups in total. The lowest BCUT2D eigenvalue weighted by Gasteiger charge is -2.05. The zero-order valence-corrected chi connectivity index (χ0v) is 10.5. The highest BCUT2D eigenvalue weighted by Crippen LogP contribution is 2.10. The molecule has 0 atom stereocenters. The van der Waals surface area contributed by atoms with Crippen LogP contribution in [0.3, 0.4) is 0 Å². The minimum Gasteiger partial charge on any atom is -0.326 e. The number of H-pyrrole nitrogens is 2. The van der Waals surface area contributed by atoms with Gasteiger partial charge in [0.05, 0.1) is 11.1 Å². The van der Waals surface area contributed by atoms with Gasteiger partial charge in [0.2, 0.25) is 10.0 Å². The standard InChI is InChI=1S/C9H9ClN4O3S/c10-8-1-7(5-11-9(8)15)18(16,17)14-4-6-2-12-13-3-6/h1-3,5,14H,4H2,(H,11,15)(H,12,13). The molecule has 0 amide bonds. The Morgan fingerprint density at radius 2 is 2.17 bits per heavy atom. The van der Waals surface area contributed by atoms with Crippen LogP contribution in [0.4, 0.5) is 0 Å². The zero-order valence-electron chi connectivity index (χ0n) is 8.97. The van der Waals surface area contributed by atoms with Gasteiger partial charge in [0.25, 0.3) is 5.56 Å². The van der Waals surface area contributed by atoms with Gasteiger partial charge in [0.1, 0.15) is 5.02 Å². The molecule has 2 heterocycles. The smallest absolute Gasteiger partial charge is 0.266 e. The molecule has 0 aliphatic carbocycles. The van der Waals surface area contributed by atoms with Gasteiger partial charge >= 0.3 is 0 Å². The van der Waals surface area contributed by atoms with Gasteiger partial charge < -0.3 is 4.98 Å². The van der Waals surface area contributed by atoms with Crippen LogP contribution in [0.25, 0.3) is 0 Å². The zero-order chi connectivity index (χ0) is 13.2. The minimum absolute atomic E-state index is 0.0928. The van der Waals surface area contributed by atoms with Crippen molar-refractivity contribution in [2.75, 3.05) is 0 Å². The predicted molar refractivity (Wildman–Crippen MR) is 64.7 cm³/mol. The summed E-state index contributed by atoms with van der Waals surface area (Å²) in [6.07, 6.45) is 4.16. The van der Waals surface area contributed by atoms with Crippen molar-refractivity contribution in [1.29, 1.82) is 0 Å². The molecule has 0 aliphatic rings. The normalized spacial score (nSPS) is 11.6. The number of aromatic nitrogens is 3. The highest BCUT2D eigenvalue weighted by molar-refractivity contribution is 7.89. The number of sulfonamides is 1. The largest absolute Gasteiger partial charge is 0.326 e. The maximum atomic E-state index is 11.9. The molecule has 0 aromatic carbocycles. The fraction of sp³-hybridized carbons (Fsp3) is 0.111. The van der Waals surface area contributed by atoms with Crippen molar-refractivity contribution >= 4 is 21.6 Å². The molecule has 18 heavy (non-hydrogen) atoms. The van der Waals surface area contributed by atoms with Gasteiger partial charge in [-0.3, -0.25) is 9.89 Å². The van der Waals surface area contributed by atoms with Crippen LogP contribution >= 0.6 is 11.6 Å². The van der Waals surface area contributed by atoms with E-state index in [1.54, 1.807) is 6.20 Å². The number of nitrogens with zero attached hydrogens (tertiary/aromatic N) is 1. The summed E-state index contributed by atoms with van der Waals surface area (Å²) < 4.78 is 26.1. The van der Waals surface area contributed by atoms with Crippen molar-refractivity contribution in [3.8, 4) is 0 Å². The van der Waals surface area contributed by atoms with Crippen molar-refractivity contribution in [2.45, 2.75) is 11.4 Å². The quantitative estimate of drug-likeness (QED) is 0.748. The minimum atomic E-state index is -3.72. The second kappa shape index (κ2) is 4.92. The van der Waals surface area contributed by atoms with E-state index in [-0.39, 0.29) is 16.5 Å². The second-order valence-corrected chi connectivity index (χ2v) is 5.62. The van der Waals surface area contributed by atoms with Crippen LogP contribution in [0.15, 0.2) is 34.3 Å². The second-order valence-electron chi connectivity index (χ2n) is 3.44. The third kappa shape index (κ3) is 2.78. The van der Waals surface area contributed by atoms with E-state index >= 15 is 0 Å². The van der Waals surface area contributed by atoms with Crippen LogP contribution in [0.5, 0.6) is 0 Å². The summed E-state index contributed by atoms with van der Waals surface area (Å²) in [6.45, 7) is 0.0928. The van der Waals surface area contributed by atoms with Crippen molar-refractivity contribution in [2.24, 2.45) is 0 Å². The van der Waals surface area contributed by atoms with Crippen LogP contribution in [0, 0.1) is 0 Å². The van der Waals surface area contributed by atoms with E-state index in [1.165, 1.54) is 6.20 Å². The summed E-state index contributed by atoms with van der Waals surface area (Å²) >= 11 is 5.57. The first kappa shape index (κ1) is 12.8. The molecule has 0 fully saturated rings. The molecular formula is C9H9ClN4O3S. The highest BCUT2D eigenvalue weighted by Gasteiger charge is 2.15. The fourth-order valence-corrected chi connectivity index (χ4v) is 2.48. The first-order valence-corrected chi connectivity index (χ1v) is 6.71. The van der Waals surface area contributed by atoms with E-state index in [2.05, 4.69) is 19.9 Å².